The number of hydrogen-bond donors (Lipinski definition) is 1. The summed E-state index contributed by atoms with van der Waals surface area (Å²) >= 11 is 2.75. The SMILES string of the molecule is O=C(O)c1cc(Br)cc(S(=O)(=O)C(F)(F)F)c1. The first-order valence-electron chi connectivity index (χ1n) is 3.91. The standard InChI is InChI=1S/C8H4BrF3O4S/c9-5-1-4(7(13)14)2-6(3-5)17(15,16)8(10,11)12/h1-3H,(H,13,14). The number of alkyl halides is 3. The van der Waals surface area contributed by atoms with Crippen molar-refractivity contribution in [3.05, 3.63) is 28.2 Å². The van der Waals surface area contributed by atoms with Gasteiger partial charge in [0.15, 0.2) is 0 Å². The Kier molecular flexibility index (Phi) is 3.53. The van der Waals surface area contributed by atoms with Crippen LogP contribution >= 0.6 is 15.9 Å². The first kappa shape index (κ1) is 14.0. The van der Waals surface area contributed by atoms with Gasteiger partial charge in [-0.3, -0.25) is 0 Å². The molecule has 9 heteroatoms. The number of halogens is 4. The van der Waals surface area contributed by atoms with Crippen molar-refractivity contribution < 1.29 is 31.5 Å². The van der Waals surface area contributed by atoms with Gasteiger partial charge in [-0.25, -0.2) is 13.2 Å². The summed E-state index contributed by atoms with van der Waals surface area (Å²) in [5, 5.41) is 8.61. The van der Waals surface area contributed by atoms with Crippen molar-refractivity contribution in [2.45, 2.75) is 10.4 Å². The lowest BCUT2D eigenvalue weighted by Gasteiger charge is -2.09. The smallest absolute Gasteiger partial charge is 0.478 e. The van der Waals surface area contributed by atoms with E-state index in [1.165, 1.54) is 0 Å². The fraction of sp³-hybridized carbons (Fsp3) is 0.125. The molecule has 1 aromatic carbocycles. The maximum atomic E-state index is 12.2. The second-order valence-corrected chi connectivity index (χ2v) is 5.79. The maximum absolute atomic E-state index is 12.2. The molecule has 0 amide bonds. The van der Waals surface area contributed by atoms with Gasteiger partial charge in [0.25, 0.3) is 9.84 Å². The first-order chi connectivity index (χ1) is 7.55. The molecular weight excluding hydrogens is 329 g/mol. The fourth-order valence-corrected chi connectivity index (χ4v) is 2.45. The van der Waals surface area contributed by atoms with Gasteiger partial charge in [0, 0.05) is 4.47 Å². The Hall–Kier alpha value is -1.09. The van der Waals surface area contributed by atoms with Crippen molar-refractivity contribution in [3.8, 4) is 0 Å². The van der Waals surface area contributed by atoms with Gasteiger partial charge >= 0.3 is 11.5 Å². The fourth-order valence-electron chi connectivity index (χ4n) is 0.975. The van der Waals surface area contributed by atoms with E-state index in [1.807, 2.05) is 0 Å². The maximum Gasteiger partial charge on any atom is 0.501 e. The largest absolute Gasteiger partial charge is 0.501 e. The topological polar surface area (TPSA) is 71.4 Å². The van der Waals surface area contributed by atoms with E-state index < -0.39 is 31.8 Å². The second kappa shape index (κ2) is 4.30. The molecule has 1 rings (SSSR count). The Morgan fingerprint density at radius 1 is 1.24 bits per heavy atom. The molecule has 0 aliphatic carbocycles. The summed E-state index contributed by atoms with van der Waals surface area (Å²) in [6.07, 6.45) is 0. The van der Waals surface area contributed by atoms with Crippen molar-refractivity contribution in [3.63, 3.8) is 0 Å². The predicted molar refractivity (Wildman–Crippen MR) is 54.3 cm³/mol. The number of carboxylic acids is 1. The van der Waals surface area contributed by atoms with E-state index in [2.05, 4.69) is 15.9 Å². The van der Waals surface area contributed by atoms with Crippen LogP contribution in [-0.4, -0.2) is 25.0 Å². The summed E-state index contributed by atoms with van der Waals surface area (Å²) < 4.78 is 58.7. The molecule has 94 valence electrons. The highest BCUT2D eigenvalue weighted by Crippen LogP contribution is 2.32. The van der Waals surface area contributed by atoms with Gasteiger partial charge in [-0.1, -0.05) is 15.9 Å². The second-order valence-electron chi connectivity index (χ2n) is 2.93. The number of carboxylic acid groups (broad SMARTS) is 1. The molecular formula is C8H4BrF3O4S. The Labute approximate surface area is 102 Å². The van der Waals surface area contributed by atoms with E-state index in [0.717, 1.165) is 6.07 Å². The van der Waals surface area contributed by atoms with E-state index >= 15 is 0 Å². The zero-order valence-corrected chi connectivity index (χ0v) is 10.2. The van der Waals surface area contributed by atoms with Crippen LogP contribution in [0.1, 0.15) is 10.4 Å². The normalized spacial score (nSPS) is 12.5. The molecule has 0 aliphatic rings. The van der Waals surface area contributed by atoms with Crippen LogP contribution in [0.2, 0.25) is 0 Å². The van der Waals surface area contributed by atoms with Crippen LogP contribution in [-0.2, 0) is 9.84 Å². The van der Waals surface area contributed by atoms with Crippen molar-refractivity contribution in [2.24, 2.45) is 0 Å². The van der Waals surface area contributed by atoms with Gasteiger partial charge < -0.3 is 5.11 Å². The highest BCUT2D eigenvalue weighted by molar-refractivity contribution is 9.10. The van der Waals surface area contributed by atoms with Crippen LogP contribution in [0.4, 0.5) is 13.2 Å². The highest BCUT2D eigenvalue weighted by Gasteiger charge is 2.47. The van der Waals surface area contributed by atoms with Crippen molar-refractivity contribution in [2.75, 3.05) is 0 Å². The van der Waals surface area contributed by atoms with Gasteiger partial charge in [-0.2, -0.15) is 13.2 Å². The van der Waals surface area contributed by atoms with Crippen molar-refractivity contribution in [1.29, 1.82) is 0 Å². The van der Waals surface area contributed by atoms with Crippen molar-refractivity contribution in [1.82, 2.24) is 0 Å². The number of rotatable bonds is 2. The lowest BCUT2D eigenvalue weighted by molar-refractivity contribution is -0.0436. The summed E-state index contributed by atoms with van der Waals surface area (Å²) in [4.78, 5) is 9.47. The molecule has 0 radical (unpaired) electrons. The summed E-state index contributed by atoms with van der Waals surface area (Å²) in [6.45, 7) is 0. The van der Waals surface area contributed by atoms with Crippen molar-refractivity contribution >= 4 is 31.7 Å². The monoisotopic (exact) mass is 332 g/mol. The lowest BCUT2D eigenvalue weighted by Crippen LogP contribution is -2.23. The number of benzene rings is 1. The Balaban J connectivity index is 3.49. The summed E-state index contributed by atoms with van der Waals surface area (Å²) in [7, 11) is -5.55. The van der Waals surface area contributed by atoms with E-state index in [9.17, 15) is 26.4 Å². The van der Waals surface area contributed by atoms with Crippen LogP contribution in [0.5, 0.6) is 0 Å². The molecule has 0 heterocycles. The van der Waals surface area contributed by atoms with E-state index in [-0.39, 0.29) is 4.47 Å². The molecule has 0 aliphatic heterocycles. The summed E-state index contributed by atoms with van der Waals surface area (Å²) in [5.74, 6) is -1.52. The predicted octanol–water partition coefficient (Wildman–Crippen LogP) is 2.44. The average Bonchev–Trinajstić information content (AvgIpc) is 2.14. The quantitative estimate of drug-likeness (QED) is 0.902. The zero-order chi connectivity index (χ0) is 13.4. The summed E-state index contributed by atoms with van der Waals surface area (Å²) in [5.41, 5.74) is -6.02. The molecule has 0 saturated carbocycles. The molecule has 1 N–H and O–H groups in total. The molecule has 0 unspecified atom stereocenters. The average molecular weight is 333 g/mol. The van der Waals surface area contributed by atoms with Gasteiger partial charge in [0.05, 0.1) is 10.5 Å². The van der Waals surface area contributed by atoms with E-state index in [0.29, 0.717) is 12.1 Å². The molecule has 0 aromatic heterocycles. The molecule has 1 aromatic rings. The Morgan fingerprint density at radius 2 is 1.76 bits per heavy atom. The number of aromatic carboxylic acids is 1. The minimum absolute atomic E-state index is 0.0692. The van der Waals surface area contributed by atoms with Crippen LogP contribution < -0.4 is 0 Å². The lowest BCUT2D eigenvalue weighted by atomic mass is 10.2. The minimum Gasteiger partial charge on any atom is -0.478 e. The summed E-state index contributed by atoms with van der Waals surface area (Å²) in [6, 6.07) is 2.14. The number of sulfone groups is 1. The number of carbonyl (C=O) groups is 1. The van der Waals surface area contributed by atoms with Gasteiger partial charge in [0.2, 0.25) is 0 Å². The molecule has 0 atom stereocenters. The minimum atomic E-state index is -5.55. The third-order valence-electron chi connectivity index (χ3n) is 1.73. The molecule has 4 nitrogen and oxygen atoms in total. The van der Waals surface area contributed by atoms with Crippen LogP contribution in [0.15, 0.2) is 27.6 Å². The van der Waals surface area contributed by atoms with E-state index in [4.69, 9.17) is 5.11 Å². The number of hydrogen-bond acceptors (Lipinski definition) is 3. The first-order valence-corrected chi connectivity index (χ1v) is 6.18. The third kappa shape index (κ3) is 2.78. The molecule has 0 bridgehead atoms. The highest BCUT2D eigenvalue weighted by atomic mass is 79.9. The third-order valence-corrected chi connectivity index (χ3v) is 3.66. The van der Waals surface area contributed by atoms with Crippen LogP contribution in [0.3, 0.4) is 0 Å². The molecule has 0 spiro atoms. The Bertz CT molecular complexity index is 565. The van der Waals surface area contributed by atoms with Gasteiger partial charge in [-0.05, 0) is 18.2 Å². The molecule has 0 fully saturated rings. The van der Waals surface area contributed by atoms with Crippen LogP contribution in [0.25, 0.3) is 0 Å². The van der Waals surface area contributed by atoms with E-state index in [1.54, 1.807) is 0 Å². The van der Waals surface area contributed by atoms with Gasteiger partial charge in [0.1, 0.15) is 0 Å². The zero-order valence-electron chi connectivity index (χ0n) is 7.82. The molecule has 0 saturated heterocycles. The van der Waals surface area contributed by atoms with Crippen LogP contribution in [0, 0.1) is 0 Å². The molecule has 17 heavy (non-hydrogen) atoms. The van der Waals surface area contributed by atoms with Gasteiger partial charge in [-0.15, -0.1) is 0 Å². The Morgan fingerprint density at radius 3 is 2.18 bits per heavy atom.